The van der Waals surface area contributed by atoms with Crippen molar-refractivity contribution < 1.29 is 87.3 Å². The predicted molar refractivity (Wildman–Crippen MR) is 143 cm³/mol. The zero-order valence-corrected chi connectivity index (χ0v) is 26.3. The average Bonchev–Trinajstić information content (AvgIpc) is 3.08. The van der Waals surface area contributed by atoms with Crippen LogP contribution in [0.2, 0.25) is 0 Å². The Balaban J connectivity index is 0.000000710. The highest BCUT2D eigenvalue weighted by molar-refractivity contribution is 7.43. The first kappa shape index (κ1) is 41.4. The molecule has 254 valence electrons. The SMILES string of the molecule is C[N+](C)(C)C[C@H](O)CC(=O)O.C[N+](C)(C)C[C@H](O)CC(=O)O.O=C([O-])c1ccc[n+]([C@@H]2O[C@H](COP(=O)([O-])[O-])[C@@H](O)[C@H]2O)c1. The third-order valence-corrected chi connectivity index (χ3v) is 5.89. The number of hydrogen-bond acceptors (Lipinski definition) is 13. The van der Waals surface area contributed by atoms with Crippen LogP contribution in [0.25, 0.3) is 0 Å². The number of aromatic nitrogens is 1. The fourth-order valence-corrected chi connectivity index (χ4v) is 4.18. The number of carbonyl (C=O) groups is 3. The van der Waals surface area contributed by atoms with Crippen molar-refractivity contribution in [2.75, 3.05) is 62.0 Å². The van der Waals surface area contributed by atoms with Crippen molar-refractivity contribution >= 4 is 25.7 Å². The summed E-state index contributed by atoms with van der Waals surface area (Å²) in [6, 6.07) is 2.62. The summed E-state index contributed by atoms with van der Waals surface area (Å²) in [6.07, 6.45) is -4.78. The monoisotopic (exact) mass is 657 g/mol. The maximum atomic E-state index is 10.8. The smallest absolute Gasteiger partial charge is 0.306 e. The van der Waals surface area contributed by atoms with Crippen molar-refractivity contribution in [1.29, 1.82) is 0 Å². The summed E-state index contributed by atoms with van der Waals surface area (Å²) in [5.74, 6) is -3.35. The van der Waals surface area contributed by atoms with E-state index in [0.717, 1.165) is 6.20 Å². The number of carbonyl (C=O) groups excluding carboxylic acids is 1. The number of ether oxygens (including phenoxy) is 1. The summed E-state index contributed by atoms with van der Waals surface area (Å²) in [6.45, 7) is 0.165. The van der Waals surface area contributed by atoms with Gasteiger partial charge in [0.2, 0.25) is 0 Å². The van der Waals surface area contributed by atoms with Gasteiger partial charge in [-0.25, -0.2) is 0 Å². The Morgan fingerprint density at radius 1 is 0.955 bits per heavy atom. The Morgan fingerprint density at radius 3 is 1.77 bits per heavy atom. The molecule has 18 nitrogen and oxygen atoms in total. The largest absolute Gasteiger partial charge is 0.790 e. The summed E-state index contributed by atoms with van der Waals surface area (Å²) < 4.78 is 22.0. The zero-order valence-electron chi connectivity index (χ0n) is 25.5. The summed E-state index contributed by atoms with van der Waals surface area (Å²) >= 11 is 0. The molecule has 0 spiro atoms. The maximum Gasteiger partial charge on any atom is 0.306 e. The van der Waals surface area contributed by atoms with Crippen molar-refractivity contribution in [2.45, 2.75) is 49.6 Å². The molecule has 1 aliphatic rings. The van der Waals surface area contributed by atoms with E-state index in [1.165, 1.54) is 22.9 Å². The Hall–Kier alpha value is -2.61. The molecular weight excluding hydrogens is 613 g/mol. The number of aromatic carboxylic acids is 1. The molecule has 1 aromatic heterocycles. The van der Waals surface area contributed by atoms with E-state index >= 15 is 0 Å². The first-order valence-electron chi connectivity index (χ1n) is 13.1. The number of quaternary nitrogens is 2. The molecule has 6 N–H and O–H groups in total. The van der Waals surface area contributed by atoms with E-state index in [1.54, 1.807) is 0 Å². The van der Waals surface area contributed by atoms with Gasteiger partial charge in [0.15, 0.2) is 18.5 Å². The number of carboxylic acids is 3. The van der Waals surface area contributed by atoms with Crippen LogP contribution in [0.4, 0.5) is 0 Å². The highest BCUT2D eigenvalue weighted by atomic mass is 31.2. The quantitative estimate of drug-likeness (QED) is 0.0657. The second kappa shape index (κ2) is 17.8. The van der Waals surface area contributed by atoms with Crippen LogP contribution >= 0.6 is 7.82 Å². The number of pyridine rings is 1. The van der Waals surface area contributed by atoms with Crippen molar-refractivity contribution in [3.63, 3.8) is 0 Å². The third-order valence-electron chi connectivity index (χ3n) is 5.42. The fraction of sp³-hybridized carbons (Fsp3) is 0.680. The second-order valence-electron chi connectivity index (χ2n) is 12.1. The molecule has 1 aromatic rings. The Labute approximate surface area is 255 Å². The minimum Gasteiger partial charge on any atom is -0.790 e. The molecule has 6 atom stereocenters. The van der Waals surface area contributed by atoms with Crippen molar-refractivity contribution in [2.24, 2.45) is 0 Å². The highest BCUT2D eigenvalue weighted by Crippen LogP contribution is 2.30. The van der Waals surface area contributed by atoms with Crippen molar-refractivity contribution in [3.05, 3.63) is 30.1 Å². The summed E-state index contributed by atoms with van der Waals surface area (Å²) in [5.41, 5.74) is -0.184. The molecule has 0 radical (unpaired) electrons. The second-order valence-corrected chi connectivity index (χ2v) is 13.2. The number of carboxylic acid groups (broad SMARTS) is 3. The van der Waals surface area contributed by atoms with Crippen LogP contribution in [0.3, 0.4) is 0 Å². The van der Waals surface area contributed by atoms with Gasteiger partial charge in [-0.15, -0.1) is 0 Å². The molecule has 44 heavy (non-hydrogen) atoms. The van der Waals surface area contributed by atoms with Gasteiger partial charge in [-0.2, -0.15) is 4.57 Å². The lowest BCUT2D eigenvalue weighted by atomic mass is 10.1. The lowest BCUT2D eigenvalue weighted by Gasteiger charge is -2.30. The van der Waals surface area contributed by atoms with Gasteiger partial charge in [0.1, 0.15) is 37.5 Å². The van der Waals surface area contributed by atoms with E-state index in [9.17, 15) is 44.1 Å². The van der Waals surface area contributed by atoms with Gasteiger partial charge in [0.05, 0.1) is 81.1 Å². The first-order valence-corrected chi connectivity index (χ1v) is 14.6. The van der Waals surface area contributed by atoms with Crippen LogP contribution in [0, 0.1) is 0 Å². The predicted octanol–water partition coefficient (Wildman–Crippen LogP) is -5.14. The van der Waals surface area contributed by atoms with Gasteiger partial charge in [0.25, 0.3) is 6.23 Å². The molecule has 0 unspecified atom stereocenters. The van der Waals surface area contributed by atoms with Crippen LogP contribution in [0.1, 0.15) is 29.4 Å². The molecule has 2 rings (SSSR count). The lowest BCUT2D eigenvalue weighted by Crippen LogP contribution is -2.46. The van der Waals surface area contributed by atoms with E-state index in [2.05, 4.69) is 4.52 Å². The minimum absolute atomic E-state index is 0.171. The fourth-order valence-electron chi connectivity index (χ4n) is 3.85. The molecule has 0 saturated carbocycles. The number of aliphatic hydroxyl groups excluding tert-OH is 4. The Kier molecular flexibility index (Phi) is 16.7. The molecular formula is C25H44N3O15P. The van der Waals surface area contributed by atoms with Gasteiger partial charge in [-0.1, -0.05) is 0 Å². The molecule has 0 amide bonds. The number of nitrogens with zero attached hydrogens (tertiary/aromatic N) is 3. The molecule has 2 heterocycles. The summed E-state index contributed by atoms with van der Waals surface area (Å²) in [7, 11) is 6.20. The van der Waals surface area contributed by atoms with Gasteiger partial charge < -0.3 is 73.1 Å². The summed E-state index contributed by atoms with van der Waals surface area (Å²) in [5, 5.41) is 65.4. The number of rotatable bonds is 13. The van der Waals surface area contributed by atoms with Crippen molar-refractivity contribution in [1.82, 2.24) is 0 Å². The summed E-state index contributed by atoms with van der Waals surface area (Å²) in [4.78, 5) is 51.9. The van der Waals surface area contributed by atoms with Gasteiger partial charge in [0, 0.05) is 6.07 Å². The van der Waals surface area contributed by atoms with E-state index in [4.69, 9.17) is 25.2 Å². The zero-order chi connectivity index (χ0) is 34.6. The molecule has 1 fully saturated rings. The molecule has 1 saturated heterocycles. The number of likely N-dealkylation sites (N-methyl/N-ethyl adjacent to an activating group) is 2. The molecule has 19 heteroatoms. The van der Waals surface area contributed by atoms with Gasteiger partial charge in [-0.3, -0.25) is 9.59 Å². The molecule has 1 aliphatic heterocycles. The highest BCUT2D eigenvalue weighted by Gasteiger charge is 2.48. The van der Waals surface area contributed by atoms with Crippen LogP contribution < -0.4 is 19.5 Å². The first-order chi connectivity index (χ1) is 19.8. The van der Waals surface area contributed by atoms with E-state index in [1.807, 2.05) is 42.3 Å². The maximum absolute atomic E-state index is 10.8. The molecule has 0 aliphatic carbocycles. The van der Waals surface area contributed by atoms with E-state index < -0.39 is 69.1 Å². The van der Waals surface area contributed by atoms with E-state index in [-0.39, 0.29) is 18.4 Å². The van der Waals surface area contributed by atoms with E-state index in [0.29, 0.717) is 22.1 Å². The molecule has 0 bridgehead atoms. The number of aliphatic carboxylic acids is 2. The standard InChI is InChI=1S/C11H14NO9P.2C7H15NO3/c13-8-7(5-20-22(17,18)19)21-10(9(8)14)12-3-1-2-6(4-12)11(15)16;2*1-8(2,3)5-6(9)4-7(10)11/h1-4,7-10,13-14H,5H2,(H2-,15,16,17,18,19);2*6,9H,4-5H2,1-3H3/t7-,8-,9-,10-;2*6-/m111/s1. The Morgan fingerprint density at radius 2 is 1.41 bits per heavy atom. The normalized spacial score (nSPS) is 21.6. The Bertz CT molecular complexity index is 1080. The average molecular weight is 658 g/mol. The van der Waals surface area contributed by atoms with Crippen LogP contribution in [0.15, 0.2) is 24.5 Å². The number of phosphoric acid groups is 1. The van der Waals surface area contributed by atoms with Crippen LogP contribution in [0.5, 0.6) is 0 Å². The van der Waals surface area contributed by atoms with Crippen LogP contribution in [-0.2, 0) is 23.4 Å². The van der Waals surface area contributed by atoms with Gasteiger partial charge in [-0.05, 0) is 6.07 Å². The van der Waals surface area contributed by atoms with Crippen molar-refractivity contribution in [3.8, 4) is 0 Å². The number of phosphoric ester groups is 1. The topological polar surface area (TPSA) is 281 Å². The molecule has 0 aromatic carbocycles. The number of aliphatic hydroxyl groups is 4. The third kappa shape index (κ3) is 18.9. The lowest BCUT2D eigenvalue weighted by molar-refractivity contribution is -0.873. The number of hydrogen-bond donors (Lipinski definition) is 6. The van der Waals surface area contributed by atoms with Crippen LogP contribution in [-0.4, -0.2) is 150 Å². The minimum atomic E-state index is -5.24. The van der Waals surface area contributed by atoms with Gasteiger partial charge >= 0.3 is 11.9 Å².